The van der Waals surface area contributed by atoms with Gasteiger partial charge in [0.2, 0.25) is 0 Å². The van der Waals surface area contributed by atoms with Gasteiger partial charge < -0.3 is 14.7 Å². The Morgan fingerprint density at radius 2 is 1.76 bits per heavy atom. The lowest BCUT2D eigenvalue weighted by atomic mass is 9.83. The fourth-order valence-corrected chi connectivity index (χ4v) is 2.97. The van der Waals surface area contributed by atoms with Crippen molar-refractivity contribution in [2.45, 2.75) is 76.7 Å². The Kier molecular flexibility index (Phi) is 3.34. The van der Waals surface area contributed by atoms with Crippen molar-refractivity contribution in [3.05, 3.63) is 0 Å². The molecule has 4 heteroatoms. The number of hydrogen-bond donors (Lipinski definition) is 1. The minimum atomic E-state index is -0.443. The number of aliphatic hydroxyl groups excluding tert-OH is 1. The van der Waals surface area contributed by atoms with Crippen LogP contribution in [0.25, 0.3) is 0 Å². The van der Waals surface area contributed by atoms with Crippen LogP contribution in [0.4, 0.5) is 4.79 Å². The fraction of sp³-hybridized carbons (Fsp3) is 0.923. The summed E-state index contributed by atoms with van der Waals surface area (Å²) in [5, 5.41) is 9.77. The maximum Gasteiger partial charge on any atom is 0.410 e. The van der Waals surface area contributed by atoms with Gasteiger partial charge in [0.15, 0.2) is 0 Å². The molecule has 0 radical (unpaired) electrons. The lowest BCUT2D eigenvalue weighted by Gasteiger charge is -2.47. The van der Waals surface area contributed by atoms with Crippen LogP contribution < -0.4 is 0 Å². The van der Waals surface area contributed by atoms with Crippen molar-refractivity contribution in [2.24, 2.45) is 0 Å². The van der Waals surface area contributed by atoms with Crippen molar-refractivity contribution in [2.75, 3.05) is 0 Å². The number of amides is 1. The number of nitrogens with zero attached hydrogens (tertiary/aromatic N) is 1. The maximum absolute atomic E-state index is 12.2. The second-order valence-electron chi connectivity index (χ2n) is 6.25. The average molecular weight is 241 g/mol. The number of rotatable bonds is 0. The summed E-state index contributed by atoms with van der Waals surface area (Å²) in [5.41, 5.74) is -0.443. The van der Waals surface area contributed by atoms with E-state index in [1.807, 2.05) is 25.7 Å². The van der Waals surface area contributed by atoms with Crippen LogP contribution in [0.5, 0.6) is 0 Å². The van der Waals surface area contributed by atoms with E-state index in [0.717, 1.165) is 19.3 Å². The lowest BCUT2D eigenvalue weighted by Crippen LogP contribution is -2.56. The molecule has 2 aliphatic rings. The van der Waals surface area contributed by atoms with Gasteiger partial charge in [-0.2, -0.15) is 0 Å². The summed E-state index contributed by atoms with van der Waals surface area (Å²) in [5.74, 6) is 0. The molecule has 2 aliphatic heterocycles. The first-order chi connectivity index (χ1) is 7.87. The third-order valence-corrected chi connectivity index (χ3v) is 3.55. The topological polar surface area (TPSA) is 49.8 Å². The Hall–Kier alpha value is -0.770. The molecule has 17 heavy (non-hydrogen) atoms. The summed E-state index contributed by atoms with van der Waals surface area (Å²) in [7, 11) is 0. The highest BCUT2D eigenvalue weighted by molar-refractivity contribution is 5.69. The predicted octanol–water partition coefficient (Wildman–Crippen LogP) is 2.30. The van der Waals surface area contributed by atoms with Crippen LogP contribution in [-0.4, -0.2) is 39.9 Å². The quantitative estimate of drug-likeness (QED) is 0.708. The summed E-state index contributed by atoms with van der Waals surface area (Å²) in [6.45, 7) is 5.67. The third kappa shape index (κ3) is 2.92. The van der Waals surface area contributed by atoms with Crippen molar-refractivity contribution in [1.82, 2.24) is 4.90 Å². The van der Waals surface area contributed by atoms with Crippen LogP contribution in [0, 0.1) is 0 Å². The van der Waals surface area contributed by atoms with Crippen LogP contribution in [0.2, 0.25) is 0 Å². The van der Waals surface area contributed by atoms with Crippen molar-refractivity contribution >= 4 is 6.09 Å². The fourth-order valence-electron chi connectivity index (χ4n) is 2.97. The van der Waals surface area contributed by atoms with Gasteiger partial charge in [-0.25, -0.2) is 4.79 Å². The maximum atomic E-state index is 12.2. The van der Waals surface area contributed by atoms with Crippen molar-refractivity contribution in [1.29, 1.82) is 0 Å². The van der Waals surface area contributed by atoms with Gasteiger partial charge in [0, 0.05) is 12.1 Å². The molecule has 0 aromatic rings. The molecule has 3 atom stereocenters. The largest absolute Gasteiger partial charge is 0.444 e. The van der Waals surface area contributed by atoms with Crippen molar-refractivity contribution in [3.8, 4) is 0 Å². The van der Waals surface area contributed by atoms with Crippen LogP contribution in [0.15, 0.2) is 0 Å². The Labute approximate surface area is 103 Å². The van der Waals surface area contributed by atoms with E-state index in [0.29, 0.717) is 12.8 Å². The van der Waals surface area contributed by atoms with E-state index in [9.17, 15) is 9.90 Å². The highest BCUT2D eigenvalue weighted by Gasteiger charge is 2.41. The van der Waals surface area contributed by atoms with E-state index >= 15 is 0 Å². The number of ether oxygens (including phenoxy) is 1. The Bertz CT molecular complexity index is 284. The standard InChI is InChI=1S/C13H23NO3/c1-13(2,3)17-12(16)14-9-5-4-6-10(14)8-11(15)7-9/h9-11,15H,4-8H2,1-3H3/t9-,10?,11?/m1/s1. The van der Waals surface area contributed by atoms with Gasteiger partial charge in [0.1, 0.15) is 5.60 Å². The average Bonchev–Trinajstić information content (AvgIpc) is 2.12. The second-order valence-corrected chi connectivity index (χ2v) is 6.25. The van der Waals surface area contributed by atoms with E-state index in [1.165, 1.54) is 0 Å². The Morgan fingerprint density at radius 1 is 1.24 bits per heavy atom. The molecular formula is C13H23NO3. The molecule has 0 spiro atoms. The van der Waals surface area contributed by atoms with E-state index < -0.39 is 5.60 Å². The Balaban J connectivity index is 2.07. The first-order valence-electron chi connectivity index (χ1n) is 6.56. The monoisotopic (exact) mass is 241 g/mol. The molecule has 2 heterocycles. The molecule has 2 unspecified atom stereocenters. The van der Waals surface area contributed by atoms with Crippen molar-refractivity contribution < 1.29 is 14.6 Å². The molecule has 2 saturated heterocycles. The highest BCUT2D eigenvalue weighted by Crippen LogP contribution is 2.35. The van der Waals surface area contributed by atoms with Gasteiger partial charge in [0.25, 0.3) is 0 Å². The van der Waals surface area contributed by atoms with E-state index in [1.54, 1.807) is 0 Å². The van der Waals surface area contributed by atoms with Gasteiger partial charge in [-0.15, -0.1) is 0 Å². The normalized spacial score (nSPS) is 33.4. The van der Waals surface area contributed by atoms with Gasteiger partial charge in [-0.05, 0) is 52.9 Å². The molecule has 2 rings (SSSR count). The summed E-state index contributed by atoms with van der Waals surface area (Å²) in [6, 6.07) is 0.347. The third-order valence-electron chi connectivity index (χ3n) is 3.55. The molecule has 0 saturated carbocycles. The Morgan fingerprint density at radius 3 is 2.24 bits per heavy atom. The molecule has 1 N–H and O–H groups in total. The number of piperidine rings is 2. The lowest BCUT2D eigenvalue weighted by molar-refractivity contribution is -0.0455. The summed E-state index contributed by atoms with van der Waals surface area (Å²) in [6.07, 6.45) is 4.09. The minimum Gasteiger partial charge on any atom is -0.444 e. The molecule has 4 nitrogen and oxygen atoms in total. The smallest absolute Gasteiger partial charge is 0.410 e. The molecule has 1 amide bonds. The number of carbonyl (C=O) groups excluding carboxylic acids is 1. The number of hydrogen-bond acceptors (Lipinski definition) is 3. The minimum absolute atomic E-state index is 0.173. The number of aliphatic hydroxyl groups is 1. The number of fused-ring (bicyclic) bond motifs is 2. The zero-order valence-corrected chi connectivity index (χ0v) is 11.0. The van der Waals surface area contributed by atoms with Crippen LogP contribution in [0.1, 0.15) is 52.9 Å². The van der Waals surface area contributed by atoms with Gasteiger partial charge >= 0.3 is 6.09 Å². The molecular weight excluding hydrogens is 218 g/mol. The second kappa shape index (κ2) is 4.48. The zero-order chi connectivity index (χ0) is 12.6. The van der Waals surface area contributed by atoms with Gasteiger partial charge in [-0.1, -0.05) is 0 Å². The number of carbonyl (C=O) groups is 1. The summed E-state index contributed by atoms with van der Waals surface area (Å²) in [4.78, 5) is 14.0. The van der Waals surface area contributed by atoms with Gasteiger partial charge in [0.05, 0.1) is 6.10 Å². The molecule has 2 fully saturated rings. The predicted molar refractivity (Wildman–Crippen MR) is 64.7 cm³/mol. The summed E-state index contributed by atoms with van der Waals surface area (Å²) < 4.78 is 5.45. The van der Waals surface area contributed by atoms with E-state index in [4.69, 9.17) is 4.74 Å². The molecule has 2 bridgehead atoms. The van der Waals surface area contributed by atoms with Crippen LogP contribution >= 0.6 is 0 Å². The molecule has 0 aromatic heterocycles. The SMILES string of the molecule is CC(C)(C)OC(=O)N1C2CCC[C@@H]1CC(O)C2. The highest BCUT2D eigenvalue weighted by atomic mass is 16.6. The van der Waals surface area contributed by atoms with Crippen LogP contribution in [-0.2, 0) is 4.74 Å². The van der Waals surface area contributed by atoms with Crippen LogP contribution in [0.3, 0.4) is 0 Å². The van der Waals surface area contributed by atoms with E-state index in [2.05, 4.69) is 0 Å². The molecule has 0 aromatic carbocycles. The van der Waals surface area contributed by atoms with Gasteiger partial charge in [-0.3, -0.25) is 0 Å². The first-order valence-corrected chi connectivity index (χ1v) is 6.56. The van der Waals surface area contributed by atoms with Crippen molar-refractivity contribution in [3.63, 3.8) is 0 Å². The summed E-state index contributed by atoms with van der Waals surface area (Å²) >= 11 is 0. The molecule has 98 valence electrons. The van der Waals surface area contributed by atoms with E-state index in [-0.39, 0.29) is 24.3 Å². The first kappa shape index (κ1) is 12.7. The zero-order valence-electron chi connectivity index (χ0n) is 11.0. The molecule has 0 aliphatic carbocycles.